The normalized spacial score (nSPS) is 16.3. The van der Waals surface area contributed by atoms with Crippen LogP contribution in [0.15, 0.2) is 24.3 Å². The Bertz CT molecular complexity index is 737. The smallest absolute Gasteiger partial charge is 0.295 e. The van der Waals surface area contributed by atoms with E-state index in [1.807, 2.05) is 19.1 Å². The number of nitro benzene ring substituents is 1. The van der Waals surface area contributed by atoms with E-state index in [0.29, 0.717) is 11.6 Å². The van der Waals surface area contributed by atoms with Gasteiger partial charge in [0.2, 0.25) is 0 Å². The van der Waals surface area contributed by atoms with Crippen LogP contribution >= 0.6 is 0 Å². The van der Waals surface area contributed by atoms with Gasteiger partial charge in [-0.25, -0.2) is 4.98 Å². The maximum atomic E-state index is 11.3. The van der Waals surface area contributed by atoms with Gasteiger partial charge in [0.05, 0.1) is 4.92 Å². The quantitative estimate of drug-likeness (QED) is 0.644. The first-order valence-corrected chi connectivity index (χ1v) is 7.93. The topological polar surface area (TPSA) is 62.5 Å². The lowest BCUT2D eigenvalue weighted by atomic mass is 10.0. The Hall–Kier alpha value is -2.21. The second-order valence-electron chi connectivity index (χ2n) is 6.40. The molecule has 0 radical (unpaired) electrons. The molecule has 6 heteroatoms. The summed E-state index contributed by atoms with van der Waals surface area (Å²) in [5, 5.41) is 12.1. The summed E-state index contributed by atoms with van der Waals surface area (Å²) < 4.78 is 0. The van der Waals surface area contributed by atoms with Gasteiger partial charge >= 0.3 is 0 Å². The molecule has 3 rings (SSSR count). The number of fused-ring (bicyclic) bond motifs is 1. The Balaban J connectivity index is 2.02. The highest BCUT2D eigenvalue weighted by molar-refractivity contribution is 5.97. The molecule has 1 aliphatic rings. The number of non-ortho nitro benzene ring substituents is 1. The fourth-order valence-electron chi connectivity index (χ4n) is 3.37. The predicted molar refractivity (Wildman–Crippen MR) is 92.1 cm³/mol. The number of aromatic nitrogens is 1. The lowest BCUT2D eigenvalue weighted by Gasteiger charge is -2.37. The Kier molecular flexibility index (Phi) is 4.17. The molecule has 122 valence electrons. The molecule has 2 heterocycles. The first-order chi connectivity index (χ1) is 11.0. The average Bonchev–Trinajstić information content (AvgIpc) is 2.53. The van der Waals surface area contributed by atoms with E-state index >= 15 is 0 Å². The van der Waals surface area contributed by atoms with E-state index in [-0.39, 0.29) is 10.6 Å². The molecular weight excluding hydrogens is 292 g/mol. The molecule has 1 aromatic heterocycles. The van der Waals surface area contributed by atoms with Gasteiger partial charge in [-0.05, 0) is 39.9 Å². The van der Waals surface area contributed by atoms with Gasteiger partial charge in [-0.1, -0.05) is 12.1 Å². The molecule has 2 aromatic rings. The zero-order valence-corrected chi connectivity index (χ0v) is 13.8. The van der Waals surface area contributed by atoms with Crippen LogP contribution in [0.5, 0.6) is 0 Å². The molecule has 0 unspecified atom stereocenters. The van der Waals surface area contributed by atoms with E-state index in [0.717, 1.165) is 42.7 Å². The Morgan fingerprint density at radius 1 is 1.30 bits per heavy atom. The van der Waals surface area contributed by atoms with Gasteiger partial charge < -0.3 is 9.80 Å². The summed E-state index contributed by atoms with van der Waals surface area (Å²) in [6, 6.07) is 7.85. The molecule has 1 aliphatic heterocycles. The molecule has 1 saturated heterocycles. The molecular formula is C17H22N4O2. The van der Waals surface area contributed by atoms with E-state index in [9.17, 15) is 10.1 Å². The fraction of sp³-hybridized carbons (Fsp3) is 0.471. The van der Waals surface area contributed by atoms with Crippen LogP contribution < -0.4 is 4.90 Å². The van der Waals surface area contributed by atoms with Crippen molar-refractivity contribution in [2.75, 3.05) is 32.1 Å². The molecule has 0 spiro atoms. The number of para-hydroxylation sites is 1. The van der Waals surface area contributed by atoms with Gasteiger partial charge in [0.1, 0.15) is 0 Å². The molecule has 0 N–H and O–H groups in total. The zero-order valence-electron chi connectivity index (χ0n) is 13.8. The second kappa shape index (κ2) is 6.12. The maximum Gasteiger partial charge on any atom is 0.295 e. The van der Waals surface area contributed by atoms with E-state index in [1.165, 1.54) is 6.07 Å². The van der Waals surface area contributed by atoms with Crippen LogP contribution in [0.1, 0.15) is 18.5 Å². The number of benzene rings is 1. The third-order valence-corrected chi connectivity index (χ3v) is 4.66. The molecule has 23 heavy (non-hydrogen) atoms. The van der Waals surface area contributed by atoms with Gasteiger partial charge in [-0.2, -0.15) is 0 Å². The van der Waals surface area contributed by atoms with Crippen molar-refractivity contribution in [2.45, 2.75) is 25.8 Å². The summed E-state index contributed by atoms with van der Waals surface area (Å²) in [6.45, 7) is 3.82. The van der Waals surface area contributed by atoms with Gasteiger partial charge in [0, 0.05) is 42.0 Å². The van der Waals surface area contributed by atoms with Crippen molar-refractivity contribution in [1.29, 1.82) is 0 Å². The average molecular weight is 314 g/mol. The summed E-state index contributed by atoms with van der Waals surface area (Å²) in [5.74, 6) is 0. The first-order valence-electron chi connectivity index (χ1n) is 7.93. The lowest BCUT2D eigenvalue weighted by molar-refractivity contribution is -0.383. The number of piperidine rings is 1. The molecule has 6 nitrogen and oxygen atoms in total. The summed E-state index contributed by atoms with van der Waals surface area (Å²) >= 11 is 0. The van der Waals surface area contributed by atoms with Crippen molar-refractivity contribution in [1.82, 2.24) is 9.88 Å². The third-order valence-electron chi connectivity index (χ3n) is 4.66. The predicted octanol–water partition coefficient (Wildman–Crippen LogP) is 2.98. The number of rotatable bonds is 3. The molecule has 0 aliphatic carbocycles. The molecule has 1 aromatic carbocycles. The van der Waals surface area contributed by atoms with Crippen molar-refractivity contribution < 1.29 is 4.92 Å². The van der Waals surface area contributed by atoms with Crippen molar-refractivity contribution in [3.05, 3.63) is 40.1 Å². The molecule has 1 fully saturated rings. The largest absolute Gasteiger partial charge is 0.371 e. The van der Waals surface area contributed by atoms with E-state index in [1.54, 1.807) is 6.07 Å². The summed E-state index contributed by atoms with van der Waals surface area (Å²) in [5.41, 5.74) is 2.45. The molecule has 0 amide bonds. The molecule has 0 saturated carbocycles. The highest BCUT2D eigenvalue weighted by Crippen LogP contribution is 2.33. The summed E-state index contributed by atoms with van der Waals surface area (Å²) in [4.78, 5) is 20.0. The lowest BCUT2D eigenvalue weighted by Crippen LogP contribution is -2.42. The van der Waals surface area contributed by atoms with Crippen LogP contribution in [0.4, 0.5) is 11.4 Å². The number of nitrogens with zero attached hydrogens (tertiary/aromatic N) is 4. The minimum atomic E-state index is -0.350. The maximum absolute atomic E-state index is 11.3. The van der Waals surface area contributed by atoms with Gasteiger partial charge in [0.25, 0.3) is 5.69 Å². The Morgan fingerprint density at radius 3 is 2.61 bits per heavy atom. The second-order valence-corrected chi connectivity index (χ2v) is 6.40. The van der Waals surface area contributed by atoms with Crippen molar-refractivity contribution in [2.24, 2.45) is 0 Å². The van der Waals surface area contributed by atoms with E-state index in [4.69, 9.17) is 0 Å². The zero-order chi connectivity index (χ0) is 16.6. The van der Waals surface area contributed by atoms with Gasteiger partial charge in [-0.3, -0.25) is 10.1 Å². The van der Waals surface area contributed by atoms with Crippen molar-refractivity contribution in [3.63, 3.8) is 0 Å². The third kappa shape index (κ3) is 2.99. The number of aryl methyl sites for hydroxylation is 1. The van der Waals surface area contributed by atoms with Crippen LogP contribution in [0.3, 0.4) is 0 Å². The first kappa shape index (κ1) is 15.7. The van der Waals surface area contributed by atoms with Gasteiger partial charge in [0.15, 0.2) is 5.52 Å². The van der Waals surface area contributed by atoms with Crippen molar-refractivity contribution >= 4 is 22.3 Å². The molecule has 0 bridgehead atoms. The van der Waals surface area contributed by atoms with Crippen LogP contribution in [0.2, 0.25) is 0 Å². The highest BCUT2D eigenvalue weighted by atomic mass is 16.6. The minimum Gasteiger partial charge on any atom is -0.371 e. The van der Waals surface area contributed by atoms with Crippen molar-refractivity contribution in [3.8, 4) is 0 Å². The number of nitro groups is 1. The standard InChI is InChI=1S/C17H22N4O2/c1-12-11-16(20-9-7-13(8-10-20)19(2)3)14-5-4-6-15(21(22)23)17(14)18-12/h4-6,11,13H,7-10H2,1-3H3. The molecule has 0 atom stereocenters. The Morgan fingerprint density at radius 2 is 2.00 bits per heavy atom. The summed E-state index contributed by atoms with van der Waals surface area (Å²) in [6.07, 6.45) is 2.20. The van der Waals surface area contributed by atoms with Crippen LogP contribution in [-0.2, 0) is 0 Å². The van der Waals surface area contributed by atoms with E-state index < -0.39 is 0 Å². The van der Waals surface area contributed by atoms with E-state index in [2.05, 4.69) is 28.9 Å². The Labute approximate surface area is 135 Å². The van der Waals surface area contributed by atoms with Crippen LogP contribution in [0.25, 0.3) is 10.9 Å². The van der Waals surface area contributed by atoms with Gasteiger partial charge in [-0.15, -0.1) is 0 Å². The number of hydrogen-bond donors (Lipinski definition) is 0. The number of pyridine rings is 1. The minimum absolute atomic E-state index is 0.0793. The monoisotopic (exact) mass is 314 g/mol. The van der Waals surface area contributed by atoms with Crippen LogP contribution in [0, 0.1) is 17.0 Å². The SMILES string of the molecule is Cc1cc(N2CCC(N(C)C)CC2)c2cccc([N+](=O)[O-])c2n1. The number of anilines is 1. The number of hydrogen-bond acceptors (Lipinski definition) is 5. The fourth-order valence-corrected chi connectivity index (χ4v) is 3.37. The van der Waals surface area contributed by atoms with Crippen LogP contribution in [-0.4, -0.2) is 48.0 Å². The summed E-state index contributed by atoms with van der Waals surface area (Å²) in [7, 11) is 4.24. The highest BCUT2D eigenvalue weighted by Gasteiger charge is 2.24.